The van der Waals surface area contributed by atoms with Gasteiger partial charge in [0.15, 0.2) is 11.6 Å². The molecule has 0 radical (unpaired) electrons. The molecule has 10 nitrogen and oxygen atoms in total. The van der Waals surface area contributed by atoms with Gasteiger partial charge in [-0.2, -0.15) is 10.2 Å². The van der Waals surface area contributed by atoms with Crippen LogP contribution in [0.15, 0.2) is 72.8 Å². The molecule has 0 aliphatic heterocycles. The van der Waals surface area contributed by atoms with Crippen molar-refractivity contribution in [3.63, 3.8) is 0 Å². The maximum atomic E-state index is 12.5. The largest absolute Gasteiger partial charge is 0.496 e. The molecule has 5 rings (SSSR count). The summed E-state index contributed by atoms with van der Waals surface area (Å²) in [6, 6.07) is 22.3. The molecular weight excluding hydrogens is 520 g/mol. The molecule has 2 N–H and O–H groups in total. The van der Waals surface area contributed by atoms with E-state index in [2.05, 4.69) is 31.0 Å². The highest BCUT2D eigenvalue weighted by Gasteiger charge is 2.29. The van der Waals surface area contributed by atoms with E-state index < -0.39 is 0 Å². The first-order valence-electron chi connectivity index (χ1n) is 13.5. The number of methoxy groups -OCH3 is 2. The molecule has 0 saturated heterocycles. The third-order valence-corrected chi connectivity index (χ3v) is 7.26. The van der Waals surface area contributed by atoms with Crippen molar-refractivity contribution >= 4 is 23.5 Å². The topological polar surface area (TPSA) is 128 Å². The van der Waals surface area contributed by atoms with E-state index in [1.807, 2.05) is 60.7 Å². The molecule has 0 bridgehead atoms. The predicted molar refractivity (Wildman–Crippen MR) is 154 cm³/mol. The van der Waals surface area contributed by atoms with Crippen LogP contribution in [0, 0.1) is 0 Å². The Morgan fingerprint density at radius 2 is 1.10 bits per heavy atom. The number of carbonyl (C=O) groups is 2. The standard InChI is InChI=1S/C31H32N6O4/c1-40-26-9-5-3-7-22(26)18-30(38)32-28-15-13-24(34-36-28)20-11-12-21(17-20)25-14-16-29(37-35-25)33-31(39)19-23-8-4-6-10-27(23)41-2/h3-10,13-16,20-21H,11-12,17-19H2,1-2H3,(H,32,36,38)(H,33,37,39)/t20-,21-/m1/s1. The van der Waals surface area contributed by atoms with Crippen molar-refractivity contribution in [1.82, 2.24) is 20.4 Å². The Balaban J connectivity index is 1.12. The van der Waals surface area contributed by atoms with E-state index in [0.29, 0.717) is 23.1 Å². The van der Waals surface area contributed by atoms with Gasteiger partial charge in [-0.1, -0.05) is 36.4 Å². The molecule has 0 unspecified atom stereocenters. The summed E-state index contributed by atoms with van der Waals surface area (Å²) < 4.78 is 10.6. The summed E-state index contributed by atoms with van der Waals surface area (Å²) in [6.07, 6.45) is 3.16. The molecule has 1 saturated carbocycles. The molecule has 0 spiro atoms. The average molecular weight is 553 g/mol. The quantitative estimate of drug-likeness (QED) is 0.290. The van der Waals surface area contributed by atoms with Crippen LogP contribution < -0.4 is 20.1 Å². The molecule has 1 aliphatic rings. The van der Waals surface area contributed by atoms with E-state index in [0.717, 1.165) is 41.8 Å². The summed E-state index contributed by atoms with van der Waals surface area (Å²) in [7, 11) is 3.17. The summed E-state index contributed by atoms with van der Waals surface area (Å²) >= 11 is 0. The number of aromatic nitrogens is 4. The zero-order valence-corrected chi connectivity index (χ0v) is 23.0. The van der Waals surface area contributed by atoms with Crippen molar-refractivity contribution in [2.75, 3.05) is 24.9 Å². The minimum Gasteiger partial charge on any atom is -0.496 e. The van der Waals surface area contributed by atoms with Crippen molar-refractivity contribution in [3.05, 3.63) is 95.3 Å². The van der Waals surface area contributed by atoms with Gasteiger partial charge in [-0.05, 0) is 55.7 Å². The lowest BCUT2D eigenvalue weighted by atomic mass is 9.99. The van der Waals surface area contributed by atoms with Gasteiger partial charge in [-0.25, -0.2) is 0 Å². The lowest BCUT2D eigenvalue weighted by molar-refractivity contribution is -0.116. The first kappa shape index (κ1) is 27.7. The lowest BCUT2D eigenvalue weighted by Crippen LogP contribution is -2.16. The molecule has 2 aromatic carbocycles. The number of hydrogen-bond acceptors (Lipinski definition) is 8. The third-order valence-electron chi connectivity index (χ3n) is 7.26. The summed E-state index contributed by atoms with van der Waals surface area (Å²) in [6.45, 7) is 0. The zero-order valence-electron chi connectivity index (χ0n) is 23.0. The number of nitrogens with one attached hydrogen (secondary N) is 2. The van der Waals surface area contributed by atoms with Crippen LogP contribution in [0.4, 0.5) is 11.6 Å². The Morgan fingerprint density at radius 3 is 1.49 bits per heavy atom. The van der Waals surface area contributed by atoms with Crippen molar-refractivity contribution < 1.29 is 19.1 Å². The SMILES string of the molecule is COc1ccccc1CC(=O)Nc1ccc([C@@H]2CC[C@@H](c3ccc(NC(=O)Cc4ccccc4OC)nn3)C2)nn1. The number of amides is 2. The van der Waals surface area contributed by atoms with E-state index in [9.17, 15) is 9.59 Å². The highest BCUT2D eigenvalue weighted by Crippen LogP contribution is 2.42. The third kappa shape index (κ3) is 7.02. The number of nitrogens with zero attached hydrogens (tertiary/aromatic N) is 4. The van der Waals surface area contributed by atoms with Crippen LogP contribution >= 0.6 is 0 Å². The summed E-state index contributed by atoms with van der Waals surface area (Å²) in [5.74, 6) is 2.29. The normalized spacial score (nSPS) is 16.1. The van der Waals surface area contributed by atoms with E-state index in [1.165, 1.54) is 0 Å². The van der Waals surface area contributed by atoms with Gasteiger partial charge >= 0.3 is 0 Å². The zero-order chi connectivity index (χ0) is 28.6. The van der Waals surface area contributed by atoms with Crippen LogP contribution in [0.5, 0.6) is 11.5 Å². The van der Waals surface area contributed by atoms with Crippen LogP contribution in [0.1, 0.15) is 53.6 Å². The number of rotatable bonds is 10. The smallest absolute Gasteiger partial charge is 0.230 e. The molecule has 2 atom stereocenters. The number of benzene rings is 2. The number of para-hydroxylation sites is 2. The maximum absolute atomic E-state index is 12.5. The number of hydrogen-bond donors (Lipinski definition) is 2. The van der Waals surface area contributed by atoms with Crippen molar-refractivity contribution in [2.24, 2.45) is 0 Å². The number of carbonyl (C=O) groups excluding carboxylic acids is 2. The second-order valence-corrected chi connectivity index (χ2v) is 9.97. The Morgan fingerprint density at radius 1 is 0.659 bits per heavy atom. The van der Waals surface area contributed by atoms with Gasteiger partial charge in [0.1, 0.15) is 11.5 Å². The molecule has 41 heavy (non-hydrogen) atoms. The summed E-state index contributed by atoms with van der Waals surface area (Å²) in [5, 5.41) is 22.9. The molecule has 1 aliphatic carbocycles. The minimum atomic E-state index is -0.185. The van der Waals surface area contributed by atoms with E-state index >= 15 is 0 Å². The lowest BCUT2D eigenvalue weighted by Gasteiger charge is -2.12. The van der Waals surface area contributed by atoms with Crippen LogP contribution in [0.2, 0.25) is 0 Å². The van der Waals surface area contributed by atoms with Gasteiger partial charge in [0.25, 0.3) is 0 Å². The van der Waals surface area contributed by atoms with E-state index in [-0.39, 0.29) is 36.5 Å². The van der Waals surface area contributed by atoms with Crippen LogP contribution in [0.3, 0.4) is 0 Å². The van der Waals surface area contributed by atoms with Gasteiger partial charge in [0.05, 0.1) is 38.4 Å². The van der Waals surface area contributed by atoms with Crippen LogP contribution in [-0.2, 0) is 22.4 Å². The van der Waals surface area contributed by atoms with Gasteiger partial charge in [-0.3, -0.25) is 9.59 Å². The molecule has 2 amide bonds. The summed E-state index contributed by atoms with van der Waals surface area (Å²) in [5.41, 5.74) is 3.40. The molecular formula is C31H32N6O4. The molecule has 210 valence electrons. The van der Waals surface area contributed by atoms with Crippen LogP contribution in [-0.4, -0.2) is 46.4 Å². The van der Waals surface area contributed by atoms with Crippen molar-refractivity contribution in [2.45, 2.75) is 43.9 Å². The summed E-state index contributed by atoms with van der Waals surface area (Å²) in [4.78, 5) is 25.0. The maximum Gasteiger partial charge on any atom is 0.230 e. The molecule has 2 heterocycles. The Kier molecular flexibility index (Phi) is 8.78. The molecule has 2 aromatic heterocycles. The van der Waals surface area contributed by atoms with Gasteiger partial charge in [0, 0.05) is 23.0 Å². The van der Waals surface area contributed by atoms with Crippen molar-refractivity contribution in [1.29, 1.82) is 0 Å². The molecule has 10 heteroatoms. The average Bonchev–Trinajstić information content (AvgIpc) is 3.49. The number of anilines is 2. The number of ether oxygens (including phenoxy) is 2. The first-order chi connectivity index (χ1) is 20.0. The fraction of sp³-hybridized carbons (Fsp3) is 0.290. The van der Waals surface area contributed by atoms with Gasteiger partial charge in [0.2, 0.25) is 11.8 Å². The first-order valence-corrected chi connectivity index (χ1v) is 13.5. The van der Waals surface area contributed by atoms with Gasteiger partial charge in [-0.15, -0.1) is 10.2 Å². The highest BCUT2D eigenvalue weighted by molar-refractivity contribution is 5.92. The highest BCUT2D eigenvalue weighted by atomic mass is 16.5. The second kappa shape index (κ2) is 13.0. The molecule has 4 aromatic rings. The fourth-order valence-corrected chi connectivity index (χ4v) is 5.19. The van der Waals surface area contributed by atoms with E-state index in [4.69, 9.17) is 9.47 Å². The monoisotopic (exact) mass is 552 g/mol. The molecule has 1 fully saturated rings. The van der Waals surface area contributed by atoms with Gasteiger partial charge < -0.3 is 20.1 Å². The van der Waals surface area contributed by atoms with Crippen molar-refractivity contribution in [3.8, 4) is 11.5 Å². The Labute approximate surface area is 238 Å². The predicted octanol–water partition coefficient (Wildman–Crippen LogP) is 4.70. The Hall–Kier alpha value is -4.86. The minimum absolute atomic E-state index is 0.184. The van der Waals surface area contributed by atoms with Crippen LogP contribution in [0.25, 0.3) is 0 Å². The fourth-order valence-electron chi connectivity index (χ4n) is 5.19. The van der Waals surface area contributed by atoms with E-state index in [1.54, 1.807) is 26.4 Å². The Bertz CT molecular complexity index is 1380. The second-order valence-electron chi connectivity index (χ2n) is 9.97.